The molecule has 0 aliphatic carbocycles. The van der Waals surface area contributed by atoms with Crippen molar-refractivity contribution in [3.8, 4) is 0 Å². The summed E-state index contributed by atoms with van der Waals surface area (Å²) in [6, 6.07) is 4.94. The van der Waals surface area contributed by atoms with Gasteiger partial charge in [-0.25, -0.2) is 4.39 Å². The molecule has 3 nitrogen and oxygen atoms in total. The second kappa shape index (κ2) is 4.80. The molecule has 1 aliphatic rings. The topological polar surface area (TPSA) is 49.5 Å². The van der Waals surface area contributed by atoms with E-state index in [4.69, 9.17) is 5.73 Å². The molecular weight excluding hydrogens is 207 g/mol. The van der Waals surface area contributed by atoms with Crippen LogP contribution >= 0.6 is 0 Å². The van der Waals surface area contributed by atoms with Crippen molar-refractivity contribution in [2.75, 3.05) is 18.0 Å². The molecule has 1 heterocycles. The van der Waals surface area contributed by atoms with Crippen molar-refractivity contribution in [2.45, 2.75) is 25.5 Å². The molecule has 1 unspecified atom stereocenters. The zero-order valence-corrected chi connectivity index (χ0v) is 9.19. The third-order valence-corrected chi connectivity index (χ3v) is 3.00. The number of hydrogen-bond acceptors (Lipinski definition) is 3. The molecule has 1 fully saturated rings. The van der Waals surface area contributed by atoms with Gasteiger partial charge in [-0.05, 0) is 24.5 Å². The molecular formula is C12H17FN2O. The molecule has 0 aromatic heterocycles. The molecule has 1 atom stereocenters. The number of halogens is 1. The SMILES string of the molecule is NCc1cccc(F)c1N1CCCC(O)C1. The summed E-state index contributed by atoms with van der Waals surface area (Å²) >= 11 is 0. The normalized spacial score (nSPS) is 21.2. The number of nitrogens with zero attached hydrogens (tertiary/aromatic N) is 1. The summed E-state index contributed by atoms with van der Waals surface area (Å²) in [5.41, 5.74) is 6.96. The molecule has 1 saturated heterocycles. The lowest BCUT2D eigenvalue weighted by atomic mass is 10.0. The van der Waals surface area contributed by atoms with Gasteiger partial charge in [-0.2, -0.15) is 0 Å². The van der Waals surface area contributed by atoms with Crippen molar-refractivity contribution >= 4 is 5.69 Å². The maximum Gasteiger partial charge on any atom is 0.146 e. The van der Waals surface area contributed by atoms with Gasteiger partial charge in [0.1, 0.15) is 5.82 Å². The predicted octanol–water partition coefficient (Wildman–Crippen LogP) is 1.25. The van der Waals surface area contributed by atoms with Crippen LogP contribution in [0.3, 0.4) is 0 Å². The maximum absolute atomic E-state index is 13.8. The average molecular weight is 224 g/mol. The molecule has 0 amide bonds. The third kappa shape index (κ3) is 2.18. The Balaban J connectivity index is 2.30. The van der Waals surface area contributed by atoms with Crippen molar-refractivity contribution in [3.63, 3.8) is 0 Å². The molecule has 3 N–H and O–H groups in total. The van der Waals surface area contributed by atoms with Gasteiger partial charge >= 0.3 is 0 Å². The lowest BCUT2D eigenvalue weighted by molar-refractivity contribution is 0.154. The first kappa shape index (κ1) is 11.4. The number of benzene rings is 1. The van der Waals surface area contributed by atoms with E-state index in [1.54, 1.807) is 6.07 Å². The van der Waals surface area contributed by atoms with E-state index in [-0.39, 0.29) is 11.9 Å². The molecule has 4 heteroatoms. The molecule has 0 spiro atoms. The van der Waals surface area contributed by atoms with E-state index in [2.05, 4.69) is 0 Å². The van der Waals surface area contributed by atoms with Crippen LogP contribution in [-0.2, 0) is 6.54 Å². The third-order valence-electron chi connectivity index (χ3n) is 3.00. The number of aliphatic hydroxyl groups excluding tert-OH is 1. The zero-order chi connectivity index (χ0) is 11.5. The summed E-state index contributed by atoms with van der Waals surface area (Å²) in [6.45, 7) is 1.60. The number of anilines is 1. The Bertz CT molecular complexity index is 370. The maximum atomic E-state index is 13.8. The first-order valence-electron chi connectivity index (χ1n) is 5.63. The fraction of sp³-hybridized carbons (Fsp3) is 0.500. The van der Waals surface area contributed by atoms with Gasteiger partial charge in [0.15, 0.2) is 0 Å². The van der Waals surface area contributed by atoms with Crippen molar-refractivity contribution < 1.29 is 9.50 Å². The van der Waals surface area contributed by atoms with Crippen molar-refractivity contribution in [1.82, 2.24) is 0 Å². The van der Waals surface area contributed by atoms with Gasteiger partial charge in [0.25, 0.3) is 0 Å². The van der Waals surface area contributed by atoms with Crippen LogP contribution in [-0.4, -0.2) is 24.3 Å². The molecule has 2 rings (SSSR count). The molecule has 1 aromatic carbocycles. The zero-order valence-electron chi connectivity index (χ0n) is 9.19. The van der Waals surface area contributed by atoms with Crippen molar-refractivity contribution in [2.24, 2.45) is 5.73 Å². The summed E-state index contributed by atoms with van der Waals surface area (Å²) in [5.74, 6) is -0.253. The number of para-hydroxylation sites is 1. The van der Waals surface area contributed by atoms with E-state index < -0.39 is 0 Å². The van der Waals surface area contributed by atoms with Gasteiger partial charge in [-0.1, -0.05) is 12.1 Å². The van der Waals surface area contributed by atoms with Crippen LogP contribution in [0.25, 0.3) is 0 Å². The summed E-state index contributed by atoms with van der Waals surface area (Å²) in [7, 11) is 0. The van der Waals surface area contributed by atoms with E-state index in [0.29, 0.717) is 18.8 Å². The van der Waals surface area contributed by atoms with E-state index >= 15 is 0 Å². The van der Waals surface area contributed by atoms with E-state index in [9.17, 15) is 9.50 Å². The Labute approximate surface area is 94.7 Å². The number of rotatable bonds is 2. The molecule has 0 radical (unpaired) electrons. The summed E-state index contributed by atoms with van der Waals surface area (Å²) in [5, 5.41) is 9.60. The minimum atomic E-state index is -0.362. The first-order valence-corrected chi connectivity index (χ1v) is 5.63. The van der Waals surface area contributed by atoms with Gasteiger partial charge in [-0.15, -0.1) is 0 Å². The summed E-state index contributed by atoms with van der Waals surface area (Å²) < 4.78 is 13.8. The smallest absolute Gasteiger partial charge is 0.146 e. The van der Waals surface area contributed by atoms with Crippen LogP contribution < -0.4 is 10.6 Å². The fourth-order valence-electron chi connectivity index (χ4n) is 2.24. The first-order chi connectivity index (χ1) is 7.72. The Morgan fingerprint density at radius 2 is 2.31 bits per heavy atom. The van der Waals surface area contributed by atoms with Crippen LogP contribution in [0.2, 0.25) is 0 Å². The Morgan fingerprint density at radius 1 is 1.50 bits per heavy atom. The van der Waals surface area contributed by atoms with E-state index in [0.717, 1.165) is 24.9 Å². The Hall–Kier alpha value is -1.13. The van der Waals surface area contributed by atoms with Crippen LogP contribution in [0.1, 0.15) is 18.4 Å². The van der Waals surface area contributed by atoms with Gasteiger partial charge in [-0.3, -0.25) is 0 Å². The number of nitrogens with two attached hydrogens (primary N) is 1. The fourth-order valence-corrected chi connectivity index (χ4v) is 2.24. The Morgan fingerprint density at radius 3 is 3.00 bits per heavy atom. The number of aliphatic hydroxyl groups is 1. The standard InChI is InChI=1S/C12H17FN2O/c13-11-5-1-3-9(7-14)12(11)15-6-2-4-10(16)8-15/h1,3,5,10,16H,2,4,6-8,14H2. The summed E-state index contributed by atoms with van der Waals surface area (Å²) in [6.07, 6.45) is 1.32. The summed E-state index contributed by atoms with van der Waals surface area (Å²) in [4.78, 5) is 1.89. The lowest BCUT2D eigenvalue weighted by Crippen LogP contribution is -2.39. The molecule has 0 bridgehead atoms. The second-order valence-electron chi connectivity index (χ2n) is 4.19. The predicted molar refractivity (Wildman–Crippen MR) is 61.7 cm³/mol. The highest BCUT2D eigenvalue weighted by molar-refractivity contribution is 5.55. The number of hydrogen-bond donors (Lipinski definition) is 2. The Kier molecular flexibility index (Phi) is 3.41. The monoisotopic (exact) mass is 224 g/mol. The number of piperidine rings is 1. The average Bonchev–Trinajstić information content (AvgIpc) is 2.28. The molecule has 16 heavy (non-hydrogen) atoms. The lowest BCUT2D eigenvalue weighted by Gasteiger charge is -2.33. The molecule has 1 aliphatic heterocycles. The van der Waals surface area contributed by atoms with Crippen LogP contribution in [0, 0.1) is 5.82 Å². The molecule has 88 valence electrons. The highest BCUT2D eigenvalue weighted by Crippen LogP contribution is 2.27. The van der Waals surface area contributed by atoms with Gasteiger partial charge in [0.05, 0.1) is 11.8 Å². The van der Waals surface area contributed by atoms with Crippen LogP contribution in [0.15, 0.2) is 18.2 Å². The minimum Gasteiger partial charge on any atom is -0.391 e. The van der Waals surface area contributed by atoms with E-state index in [1.807, 2.05) is 11.0 Å². The van der Waals surface area contributed by atoms with Gasteiger partial charge in [0.2, 0.25) is 0 Å². The van der Waals surface area contributed by atoms with Gasteiger partial charge in [0, 0.05) is 19.6 Å². The van der Waals surface area contributed by atoms with Crippen molar-refractivity contribution in [3.05, 3.63) is 29.6 Å². The highest BCUT2D eigenvalue weighted by Gasteiger charge is 2.22. The van der Waals surface area contributed by atoms with E-state index in [1.165, 1.54) is 6.07 Å². The van der Waals surface area contributed by atoms with Crippen molar-refractivity contribution in [1.29, 1.82) is 0 Å². The van der Waals surface area contributed by atoms with Gasteiger partial charge < -0.3 is 15.7 Å². The van der Waals surface area contributed by atoms with Crippen LogP contribution in [0.4, 0.5) is 10.1 Å². The quantitative estimate of drug-likeness (QED) is 0.794. The highest BCUT2D eigenvalue weighted by atomic mass is 19.1. The largest absolute Gasteiger partial charge is 0.391 e. The second-order valence-corrected chi connectivity index (χ2v) is 4.19. The van der Waals surface area contributed by atoms with Crippen LogP contribution in [0.5, 0.6) is 0 Å². The number of β-amino-alcohol motifs (C(OH)–C–C–N with tert-alkyl or cyclic N) is 1. The minimum absolute atomic E-state index is 0.253. The molecule has 1 aromatic rings. The molecule has 0 saturated carbocycles.